The average Bonchev–Trinajstić information content (AvgIpc) is 2.26. The van der Waals surface area contributed by atoms with Gasteiger partial charge in [0.05, 0.1) is 5.60 Å². The van der Waals surface area contributed by atoms with E-state index in [-0.39, 0.29) is 5.92 Å². The zero-order valence-electron chi connectivity index (χ0n) is 10.3. The molecule has 1 saturated carbocycles. The second kappa shape index (κ2) is 4.58. The number of hydrogen-bond acceptors (Lipinski definition) is 1. The summed E-state index contributed by atoms with van der Waals surface area (Å²) in [5, 5.41) is 10.9. The van der Waals surface area contributed by atoms with E-state index >= 15 is 0 Å². The molecule has 0 saturated heterocycles. The Bertz CT molecular complexity index is 329. The van der Waals surface area contributed by atoms with Crippen molar-refractivity contribution in [3.8, 4) is 0 Å². The van der Waals surface area contributed by atoms with Crippen LogP contribution in [0.3, 0.4) is 0 Å². The average molecular weight is 218 g/mol. The van der Waals surface area contributed by atoms with E-state index in [0.29, 0.717) is 5.92 Å². The highest BCUT2D eigenvalue weighted by atomic mass is 16.3. The van der Waals surface area contributed by atoms with Crippen molar-refractivity contribution in [1.82, 2.24) is 0 Å². The Morgan fingerprint density at radius 1 is 1.31 bits per heavy atom. The second-order valence-corrected chi connectivity index (χ2v) is 5.10. The third kappa shape index (κ3) is 1.89. The van der Waals surface area contributed by atoms with Crippen LogP contribution in [0.1, 0.15) is 51.0 Å². The molecule has 0 heterocycles. The first-order chi connectivity index (χ1) is 7.68. The fraction of sp³-hybridized carbons (Fsp3) is 0.600. The lowest BCUT2D eigenvalue weighted by atomic mass is 9.65. The third-order valence-corrected chi connectivity index (χ3v) is 4.43. The van der Waals surface area contributed by atoms with Gasteiger partial charge in [-0.3, -0.25) is 0 Å². The first-order valence-electron chi connectivity index (χ1n) is 6.45. The molecule has 88 valence electrons. The molecule has 1 aromatic rings. The normalized spacial score (nSPS) is 22.2. The molecule has 0 bridgehead atoms. The van der Waals surface area contributed by atoms with Gasteiger partial charge in [0.15, 0.2) is 0 Å². The van der Waals surface area contributed by atoms with Gasteiger partial charge in [-0.1, -0.05) is 50.6 Å². The van der Waals surface area contributed by atoms with Crippen molar-refractivity contribution in [3.63, 3.8) is 0 Å². The van der Waals surface area contributed by atoms with E-state index in [1.165, 1.54) is 24.8 Å². The van der Waals surface area contributed by atoms with Gasteiger partial charge >= 0.3 is 0 Å². The number of rotatable bonds is 4. The first-order valence-corrected chi connectivity index (χ1v) is 6.45. The Morgan fingerprint density at radius 2 is 1.94 bits per heavy atom. The van der Waals surface area contributed by atoms with E-state index in [1.54, 1.807) is 0 Å². The van der Waals surface area contributed by atoms with Crippen molar-refractivity contribution in [2.24, 2.45) is 5.92 Å². The molecule has 2 rings (SSSR count). The summed E-state index contributed by atoms with van der Waals surface area (Å²) in [6.07, 6.45) is 4.53. The molecule has 0 radical (unpaired) electrons. The molecule has 2 unspecified atom stereocenters. The lowest BCUT2D eigenvalue weighted by Gasteiger charge is -2.45. The fourth-order valence-electron chi connectivity index (χ4n) is 2.89. The van der Waals surface area contributed by atoms with Crippen LogP contribution in [0.5, 0.6) is 0 Å². The topological polar surface area (TPSA) is 20.2 Å². The SMILES string of the molecule is CCC(O)(C1CCC1)C(C)c1ccccc1. The summed E-state index contributed by atoms with van der Waals surface area (Å²) in [5.41, 5.74) is 0.762. The Morgan fingerprint density at radius 3 is 2.38 bits per heavy atom. The quantitative estimate of drug-likeness (QED) is 0.816. The molecule has 16 heavy (non-hydrogen) atoms. The van der Waals surface area contributed by atoms with Crippen LogP contribution in [0.2, 0.25) is 0 Å². The molecule has 1 aliphatic rings. The van der Waals surface area contributed by atoms with Gasteiger partial charge < -0.3 is 5.11 Å². The van der Waals surface area contributed by atoms with Crippen LogP contribution in [0.15, 0.2) is 30.3 Å². The van der Waals surface area contributed by atoms with Gasteiger partial charge in [0, 0.05) is 5.92 Å². The molecule has 0 amide bonds. The molecule has 1 nitrogen and oxygen atoms in total. The van der Waals surface area contributed by atoms with Crippen LogP contribution < -0.4 is 0 Å². The molecule has 0 aliphatic heterocycles. The van der Waals surface area contributed by atoms with Crippen molar-refractivity contribution < 1.29 is 5.11 Å². The minimum Gasteiger partial charge on any atom is -0.389 e. The molecular weight excluding hydrogens is 196 g/mol. The van der Waals surface area contributed by atoms with Crippen LogP contribution in [0, 0.1) is 5.92 Å². The smallest absolute Gasteiger partial charge is 0.0738 e. The van der Waals surface area contributed by atoms with Gasteiger partial charge in [0.1, 0.15) is 0 Å². The van der Waals surface area contributed by atoms with E-state index < -0.39 is 5.60 Å². The van der Waals surface area contributed by atoms with E-state index in [0.717, 1.165) is 6.42 Å². The number of hydrogen-bond donors (Lipinski definition) is 1. The van der Waals surface area contributed by atoms with Crippen molar-refractivity contribution >= 4 is 0 Å². The van der Waals surface area contributed by atoms with Crippen molar-refractivity contribution in [1.29, 1.82) is 0 Å². The highest BCUT2D eigenvalue weighted by molar-refractivity contribution is 5.23. The predicted octanol–water partition coefficient (Wildman–Crippen LogP) is 3.73. The molecule has 0 aromatic heterocycles. The highest BCUT2D eigenvalue weighted by Gasteiger charge is 2.43. The molecule has 2 atom stereocenters. The van der Waals surface area contributed by atoms with Crippen LogP contribution >= 0.6 is 0 Å². The van der Waals surface area contributed by atoms with Crippen molar-refractivity contribution in [2.75, 3.05) is 0 Å². The van der Waals surface area contributed by atoms with E-state index in [9.17, 15) is 5.11 Å². The largest absolute Gasteiger partial charge is 0.389 e. The first kappa shape index (κ1) is 11.7. The lowest BCUT2D eigenvalue weighted by molar-refractivity contribution is -0.0711. The van der Waals surface area contributed by atoms with Gasteiger partial charge in [-0.15, -0.1) is 0 Å². The second-order valence-electron chi connectivity index (χ2n) is 5.10. The van der Waals surface area contributed by atoms with E-state index in [2.05, 4.69) is 38.1 Å². The Kier molecular flexibility index (Phi) is 3.34. The number of aliphatic hydroxyl groups is 1. The summed E-state index contributed by atoms with van der Waals surface area (Å²) >= 11 is 0. The molecule has 1 heteroatoms. The highest BCUT2D eigenvalue weighted by Crippen LogP contribution is 2.45. The predicted molar refractivity (Wildman–Crippen MR) is 67.4 cm³/mol. The maximum Gasteiger partial charge on any atom is 0.0738 e. The number of benzene rings is 1. The summed E-state index contributed by atoms with van der Waals surface area (Å²) in [6.45, 7) is 4.27. The van der Waals surface area contributed by atoms with Crippen molar-refractivity contribution in [2.45, 2.75) is 51.0 Å². The van der Waals surface area contributed by atoms with Crippen LogP contribution in [-0.4, -0.2) is 10.7 Å². The molecule has 1 N–H and O–H groups in total. The molecule has 0 spiro atoms. The minimum atomic E-state index is -0.500. The molecular formula is C15H22O. The molecule has 1 aromatic carbocycles. The summed E-state index contributed by atoms with van der Waals surface area (Å²) in [4.78, 5) is 0. The standard InChI is InChI=1S/C15H22O/c1-3-15(16,14-10-7-11-14)12(2)13-8-5-4-6-9-13/h4-6,8-9,12,14,16H,3,7,10-11H2,1-2H3. The van der Waals surface area contributed by atoms with Crippen molar-refractivity contribution in [3.05, 3.63) is 35.9 Å². The Labute approximate surface area is 98.5 Å². The minimum absolute atomic E-state index is 0.240. The van der Waals surface area contributed by atoms with Gasteiger partial charge in [0.25, 0.3) is 0 Å². The third-order valence-electron chi connectivity index (χ3n) is 4.43. The maximum atomic E-state index is 10.9. The summed E-state index contributed by atoms with van der Waals surface area (Å²) in [7, 11) is 0. The van der Waals surface area contributed by atoms with Gasteiger partial charge in [0.2, 0.25) is 0 Å². The van der Waals surface area contributed by atoms with E-state index in [4.69, 9.17) is 0 Å². The van der Waals surface area contributed by atoms with Crippen LogP contribution in [-0.2, 0) is 0 Å². The zero-order valence-corrected chi connectivity index (χ0v) is 10.3. The molecule has 1 aliphatic carbocycles. The summed E-state index contributed by atoms with van der Waals surface area (Å²) in [6, 6.07) is 10.4. The van der Waals surface area contributed by atoms with Crippen LogP contribution in [0.4, 0.5) is 0 Å². The lowest BCUT2D eigenvalue weighted by Crippen LogP contribution is -2.45. The Hall–Kier alpha value is -0.820. The summed E-state index contributed by atoms with van der Waals surface area (Å²) < 4.78 is 0. The van der Waals surface area contributed by atoms with E-state index in [1.807, 2.05) is 6.07 Å². The Balaban J connectivity index is 2.20. The van der Waals surface area contributed by atoms with Gasteiger partial charge in [-0.25, -0.2) is 0 Å². The summed E-state index contributed by atoms with van der Waals surface area (Å²) in [5.74, 6) is 0.747. The van der Waals surface area contributed by atoms with Gasteiger partial charge in [-0.2, -0.15) is 0 Å². The fourth-order valence-corrected chi connectivity index (χ4v) is 2.89. The zero-order chi connectivity index (χ0) is 11.6. The van der Waals surface area contributed by atoms with Crippen LogP contribution in [0.25, 0.3) is 0 Å². The molecule has 1 fully saturated rings. The monoisotopic (exact) mass is 218 g/mol. The maximum absolute atomic E-state index is 10.9. The van der Waals surface area contributed by atoms with Gasteiger partial charge in [-0.05, 0) is 30.7 Å².